The summed E-state index contributed by atoms with van der Waals surface area (Å²) >= 11 is 0. The number of aromatic hydroxyl groups is 1. The van der Waals surface area contributed by atoms with Crippen LogP contribution in [0.3, 0.4) is 0 Å². The van der Waals surface area contributed by atoms with E-state index in [0.717, 1.165) is 18.5 Å². The van der Waals surface area contributed by atoms with Gasteiger partial charge in [-0.15, -0.1) is 0 Å². The van der Waals surface area contributed by atoms with Crippen LogP contribution in [-0.2, 0) is 6.54 Å². The predicted octanol–water partition coefficient (Wildman–Crippen LogP) is 3.22. The van der Waals surface area contributed by atoms with Gasteiger partial charge < -0.3 is 10.4 Å². The second kappa shape index (κ2) is 5.90. The third kappa shape index (κ3) is 4.23. The van der Waals surface area contributed by atoms with Crippen molar-refractivity contribution in [1.82, 2.24) is 5.32 Å². The number of rotatable bonds is 5. The Morgan fingerprint density at radius 3 is 2.56 bits per heavy atom. The fourth-order valence-corrected chi connectivity index (χ4v) is 1.93. The van der Waals surface area contributed by atoms with Crippen LogP contribution in [0.4, 0.5) is 0 Å². The lowest BCUT2D eigenvalue weighted by molar-refractivity contribution is 0.429. The molecule has 0 aliphatic rings. The van der Waals surface area contributed by atoms with Crippen molar-refractivity contribution >= 4 is 0 Å². The van der Waals surface area contributed by atoms with Crippen molar-refractivity contribution in [3.05, 3.63) is 29.3 Å². The Kier molecular flexibility index (Phi) is 4.81. The van der Waals surface area contributed by atoms with Crippen LogP contribution in [-0.4, -0.2) is 11.1 Å². The molecular formula is C14H23NO. The summed E-state index contributed by atoms with van der Waals surface area (Å²) in [6.45, 7) is 9.42. The zero-order valence-corrected chi connectivity index (χ0v) is 10.7. The largest absolute Gasteiger partial charge is 0.508 e. The van der Waals surface area contributed by atoms with Crippen LogP contribution < -0.4 is 5.32 Å². The van der Waals surface area contributed by atoms with E-state index in [1.807, 2.05) is 19.1 Å². The van der Waals surface area contributed by atoms with Crippen LogP contribution >= 0.6 is 0 Å². The standard InChI is InChI=1S/C14H23NO/c1-10(2)7-12(4)15-9-13-8-11(3)5-6-14(13)16/h5-6,8,10,12,15-16H,7,9H2,1-4H3. The van der Waals surface area contributed by atoms with Crippen molar-refractivity contribution in [3.8, 4) is 5.75 Å². The predicted molar refractivity (Wildman–Crippen MR) is 68.6 cm³/mol. The number of benzene rings is 1. The molecule has 1 aromatic rings. The van der Waals surface area contributed by atoms with Gasteiger partial charge in [-0.2, -0.15) is 0 Å². The summed E-state index contributed by atoms with van der Waals surface area (Å²) < 4.78 is 0. The first-order valence-electron chi connectivity index (χ1n) is 6.01. The summed E-state index contributed by atoms with van der Waals surface area (Å²) in [6.07, 6.45) is 1.16. The Morgan fingerprint density at radius 1 is 1.25 bits per heavy atom. The highest BCUT2D eigenvalue weighted by Gasteiger charge is 2.06. The maximum Gasteiger partial charge on any atom is 0.120 e. The summed E-state index contributed by atoms with van der Waals surface area (Å²) in [7, 11) is 0. The average Bonchev–Trinajstić information content (AvgIpc) is 2.18. The lowest BCUT2D eigenvalue weighted by atomic mass is 10.0. The fourth-order valence-electron chi connectivity index (χ4n) is 1.93. The highest BCUT2D eigenvalue weighted by molar-refractivity contribution is 5.35. The third-order valence-electron chi connectivity index (χ3n) is 2.70. The van der Waals surface area contributed by atoms with Gasteiger partial charge in [0, 0.05) is 18.2 Å². The molecule has 0 bridgehead atoms. The maximum atomic E-state index is 9.69. The van der Waals surface area contributed by atoms with E-state index in [-0.39, 0.29) is 0 Å². The average molecular weight is 221 g/mol. The van der Waals surface area contributed by atoms with Crippen molar-refractivity contribution in [1.29, 1.82) is 0 Å². The number of phenolic OH excluding ortho intramolecular Hbond substituents is 1. The smallest absolute Gasteiger partial charge is 0.120 e. The molecular weight excluding hydrogens is 198 g/mol. The van der Waals surface area contributed by atoms with E-state index >= 15 is 0 Å². The van der Waals surface area contributed by atoms with Crippen molar-refractivity contribution in [2.45, 2.75) is 46.7 Å². The van der Waals surface area contributed by atoms with E-state index in [1.165, 1.54) is 5.56 Å². The molecule has 2 nitrogen and oxygen atoms in total. The quantitative estimate of drug-likeness (QED) is 0.800. The van der Waals surface area contributed by atoms with Crippen molar-refractivity contribution in [3.63, 3.8) is 0 Å². The van der Waals surface area contributed by atoms with Crippen LogP contribution in [0.25, 0.3) is 0 Å². The lowest BCUT2D eigenvalue weighted by Crippen LogP contribution is -2.26. The summed E-state index contributed by atoms with van der Waals surface area (Å²) in [5, 5.41) is 13.1. The molecule has 0 aliphatic carbocycles. The monoisotopic (exact) mass is 221 g/mol. The van der Waals surface area contributed by atoms with E-state index in [4.69, 9.17) is 0 Å². The summed E-state index contributed by atoms with van der Waals surface area (Å²) in [5.41, 5.74) is 2.17. The van der Waals surface area contributed by atoms with Gasteiger partial charge in [-0.25, -0.2) is 0 Å². The minimum absolute atomic E-state index is 0.384. The van der Waals surface area contributed by atoms with Crippen LogP contribution in [0.15, 0.2) is 18.2 Å². The zero-order valence-electron chi connectivity index (χ0n) is 10.7. The summed E-state index contributed by atoms with van der Waals surface area (Å²) in [5.74, 6) is 1.09. The van der Waals surface area contributed by atoms with Gasteiger partial charge in [0.15, 0.2) is 0 Å². The summed E-state index contributed by atoms with van der Waals surface area (Å²) in [6, 6.07) is 6.21. The molecule has 0 fully saturated rings. The molecule has 1 rings (SSSR count). The zero-order chi connectivity index (χ0) is 12.1. The first kappa shape index (κ1) is 13.0. The van der Waals surface area contributed by atoms with E-state index in [1.54, 1.807) is 6.07 Å². The molecule has 0 aliphatic heterocycles. The number of phenols is 1. The van der Waals surface area contributed by atoms with Gasteiger partial charge in [-0.1, -0.05) is 31.5 Å². The first-order valence-corrected chi connectivity index (χ1v) is 6.01. The van der Waals surface area contributed by atoms with E-state index < -0.39 is 0 Å². The van der Waals surface area contributed by atoms with Crippen LogP contribution in [0.5, 0.6) is 5.75 Å². The van der Waals surface area contributed by atoms with E-state index in [2.05, 4.69) is 26.1 Å². The normalized spacial score (nSPS) is 13.1. The second-order valence-electron chi connectivity index (χ2n) is 5.04. The molecule has 1 atom stereocenters. The SMILES string of the molecule is Cc1ccc(O)c(CNC(C)CC(C)C)c1. The minimum atomic E-state index is 0.384. The van der Waals surface area contributed by atoms with Crippen molar-refractivity contribution < 1.29 is 5.11 Å². The molecule has 0 saturated carbocycles. The molecule has 0 aromatic heterocycles. The van der Waals surface area contributed by atoms with E-state index in [9.17, 15) is 5.11 Å². The van der Waals surface area contributed by atoms with Crippen LogP contribution in [0.1, 0.15) is 38.3 Å². The number of nitrogens with one attached hydrogen (secondary N) is 1. The molecule has 1 unspecified atom stereocenters. The van der Waals surface area contributed by atoms with Gasteiger partial charge in [-0.3, -0.25) is 0 Å². The van der Waals surface area contributed by atoms with Gasteiger partial charge in [0.05, 0.1) is 0 Å². The molecule has 0 saturated heterocycles. The first-order chi connectivity index (χ1) is 7.49. The Balaban J connectivity index is 2.51. The number of aryl methyl sites for hydroxylation is 1. The molecule has 2 heteroatoms. The third-order valence-corrected chi connectivity index (χ3v) is 2.70. The molecule has 0 spiro atoms. The van der Waals surface area contributed by atoms with Gasteiger partial charge >= 0.3 is 0 Å². The van der Waals surface area contributed by atoms with Gasteiger partial charge in [0.25, 0.3) is 0 Å². The maximum absolute atomic E-state index is 9.69. The van der Waals surface area contributed by atoms with Gasteiger partial charge in [0.2, 0.25) is 0 Å². The Labute approximate surface area is 98.7 Å². The molecule has 0 heterocycles. The Bertz CT molecular complexity index is 334. The molecule has 1 aromatic carbocycles. The summed E-state index contributed by atoms with van der Waals surface area (Å²) in [4.78, 5) is 0. The molecule has 16 heavy (non-hydrogen) atoms. The van der Waals surface area contributed by atoms with Gasteiger partial charge in [0.1, 0.15) is 5.75 Å². The fraction of sp³-hybridized carbons (Fsp3) is 0.571. The molecule has 0 amide bonds. The minimum Gasteiger partial charge on any atom is -0.508 e. The topological polar surface area (TPSA) is 32.3 Å². The Morgan fingerprint density at radius 2 is 1.94 bits per heavy atom. The van der Waals surface area contributed by atoms with Crippen LogP contribution in [0.2, 0.25) is 0 Å². The number of hydrogen-bond acceptors (Lipinski definition) is 2. The molecule has 90 valence electrons. The molecule has 2 N–H and O–H groups in total. The van der Waals surface area contributed by atoms with Gasteiger partial charge in [-0.05, 0) is 32.3 Å². The molecule has 0 radical (unpaired) electrons. The Hall–Kier alpha value is -1.02. The highest BCUT2D eigenvalue weighted by Crippen LogP contribution is 2.18. The number of hydrogen-bond donors (Lipinski definition) is 2. The van der Waals surface area contributed by atoms with E-state index in [0.29, 0.717) is 17.7 Å². The lowest BCUT2D eigenvalue weighted by Gasteiger charge is -2.16. The second-order valence-corrected chi connectivity index (χ2v) is 5.04. The van der Waals surface area contributed by atoms with Crippen molar-refractivity contribution in [2.75, 3.05) is 0 Å². The van der Waals surface area contributed by atoms with Crippen LogP contribution in [0, 0.1) is 12.8 Å². The van der Waals surface area contributed by atoms with Crippen molar-refractivity contribution in [2.24, 2.45) is 5.92 Å². The highest BCUT2D eigenvalue weighted by atomic mass is 16.3.